The molecular formula is C23H29N3O7. The van der Waals surface area contributed by atoms with E-state index in [1.54, 1.807) is 20.8 Å². The van der Waals surface area contributed by atoms with E-state index in [-0.39, 0.29) is 25.8 Å². The Bertz CT molecular complexity index is 910. The predicted molar refractivity (Wildman–Crippen MR) is 115 cm³/mol. The maximum atomic E-state index is 13.4. The Labute approximate surface area is 192 Å². The van der Waals surface area contributed by atoms with Crippen molar-refractivity contribution in [1.29, 1.82) is 0 Å². The van der Waals surface area contributed by atoms with Crippen LogP contribution >= 0.6 is 0 Å². The Morgan fingerprint density at radius 2 is 1.73 bits per heavy atom. The Kier molecular flexibility index (Phi) is 7.35. The van der Waals surface area contributed by atoms with Gasteiger partial charge in [0.05, 0.1) is 0 Å². The summed E-state index contributed by atoms with van der Waals surface area (Å²) in [4.78, 5) is 68.5. The summed E-state index contributed by atoms with van der Waals surface area (Å²) in [7, 11) is 0. The van der Waals surface area contributed by atoms with E-state index in [1.807, 2.05) is 30.3 Å². The maximum Gasteiger partial charge on any atom is 0.408 e. The summed E-state index contributed by atoms with van der Waals surface area (Å²) in [5.74, 6) is -2.49. The average molecular weight is 459 g/mol. The number of hydrogen-bond donors (Lipinski definition) is 1. The molecule has 0 spiro atoms. The molecule has 0 saturated carbocycles. The van der Waals surface area contributed by atoms with Crippen LogP contribution in [0.3, 0.4) is 0 Å². The monoisotopic (exact) mass is 459 g/mol. The molecule has 4 amide bonds. The topological polar surface area (TPSA) is 122 Å². The number of hydroxylamine groups is 2. The zero-order chi connectivity index (χ0) is 24.2. The molecule has 1 N–H and O–H groups in total. The van der Waals surface area contributed by atoms with Crippen molar-refractivity contribution in [3.8, 4) is 0 Å². The maximum absolute atomic E-state index is 13.4. The van der Waals surface area contributed by atoms with Crippen molar-refractivity contribution in [2.24, 2.45) is 0 Å². The highest BCUT2D eigenvalue weighted by Crippen LogP contribution is 2.23. The normalized spacial score (nSPS) is 19.4. The van der Waals surface area contributed by atoms with E-state index in [9.17, 15) is 24.0 Å². The summed E-state index contributed by atoms with van der Waals surface area (Å²) in [6, 6.07) is 7.21. The van der Waals surface area contributed by atoms with Crippen LogP contribution in [0, 0.1) is 0 Å². The van der Waals surface area contributed by atoms with Gasteiger partial charge in [0.2, 0.25) is 5.91 Å². The van der Waals surface area contributed by atoms with Crippen LogP contribution in [0.1, 0.15) is 52.0 Å². The molecule has 2 saturated heterocycles. The molecule has 0 unspecified atom stereocenters. The van der Waals surface area contributed by atoms with Crippen LogP contribution in [0.2, 0.25) is 0 Å². The number of likely N-dealkylation sites (tertiary alicyclic amines) is 1. The Morgan fingerprint density at radius 3 is 2.33 bits per heavy atom. The molecule has 178 valence electrons. The van der Waals surface area contributed by atoms with E-state index < -0.39 is 47.5 Å². The van der Waals surface area contributed by atoms with Crippen molar-refractivity contribution in [2.45, 2.75) is 70.6 Å². The van der Waals surface area contributed by atoms with Crippen molar-refractivity contribution in [3.05, 3.63) is 35.9 Å². The first-order valence-electron chi connectivity index (χ1n) is 11.0. The number of carbonyl (C=O) groups is 5. The number of carbonyl (C=O) groups excluding carboxylic acids is 5. The fourth-order valence-corrected chi connectivity index (χ4v) is 3.78. The lowest BCUT2D eigenvalue weighted by Crippen LogP contribution is -2.54. The van der Waals surface area contributed by atoms with Crippen molar-refractivity contribution >= 4 is 29.8 Å². The van der Waals surface area contributed by atoms with Gasteiger partial charge in [-0.25, -0.2) is 9.59 Å². The predicted octanol–water partition coefficient (Wildman–Crippen LogP) is 1.72. The molecule has 10 nitrogen and oxygen atoms in total. The van der Waals surface area contributed by atoms with Gasteiger partial charge in [-0.2, -0.15) is 0 Å². The SMILES string of the molecule is CC(C)(C)OC(=O)N[C@@H](Cc1ccccc1)C(=O)N1CCC[C@H]1C(=O)ON1C(=O)CCC1=O. The van der Waals surface area contributed by atoms with Crippen molar-refractivity contribution < 1.29 is 33.5 Å². The molecule has 2 atom stereocenters. The quantitative estimate of drug-likeness (QED) is 0.643. The van der Waals surface area contributed by atoms with Gasteiger partial charge < -0.3 is 19.8 Å². The molecule has 2 aliphatic rings. The molecule has 0 bridgehead atoms. The minimum absolute atomic E-state index is 0.0155. The van der Waals surface area contributed by atoms with Crippen LogP contribution in [0.4, 0.5) is 4.79 Å². The largest absolute Gasteiger partial charge is 0.444 e. The van der Waals surface area contributed by atoms with Crippen LogP contribution in [-0.4, -0.2) is 64.0 Å². The van der Waals surface area contributed by atoms with Gasteiger partial charge in [-0.1, -0.05) is 30.3 Å². The zero-order valence-electron chi connectivity index (χ0n) is 19.0. The highest BCUT2D eigenvalue weighted by molar-refractivity contribution is 6.02. The molecule has 1 aromatic rings. The average Bonchev–Trinajstić information content (AvgIpc) is 3.35. The fraction of sp³-hybridized carbons (Fsp3) is 0.522. The fourth-order valence-electron chi connectivity index (χ4n) is 3.78. The second-order valence-electron chi connectivity index (χ2n) is 9.07. The van der Waals surface area contributed by atoms with E-state index in [4.69, 9.17) is 9.57 Å². The number of amides is 4. The molecule has 2 aliphatic heterocycles. The van der Waals surface area contributed by atoms with Gasteiger partial charge >= 0.3 is 12.1 Å². The zero-order valence-corrected chi connectivity index (χ0v) is 19.0. The van der Waals surface area contributed by atoms with E-state index in [0.717, 1.165) is 5.56 Å². The second-order valence-corrected chi connectivity index (χ2v) is 9.07. The number of imide groups is 1. The number of rotatable bonds is 6. The smallest absolute Gasteiger partial charge is 0.408 e. The number of nitrogens with one attached hydrogen (secondary N) is 1. The first-order valence-corrected chi connectivity index (χ1v) is 11.0. The molecule has 0 aliphatic carbocycles. The van der Waals surface area contributed by atoms with Crippen LogP contribution in [0.5, 0.6) is 0 Å². The van der Waals surface area contributed by atoms with Gasteiger partial charge in [-0.3, -0.25) is 14.4 Å². The van der Waals surface area contributed by atoms with E-state index in [1.165, 1.54) is 4.90 Å². The van der Waals surface area contributed by atoms with Crippen LogP contribution in [0.15, 0.2) is 30.3 Å². The van der Waals surface area contributed by atoms with Crippen molar-refractivity contribution in [2.75, 3.05) is 6.54 Å². The molecule has 10 heteroatoms. The molecule has 2 heterocycles. The Balaban J connectivity index is 1.75. The minimum Gasteiger partial charge on any atom is -0.444 e. The second kappa shape index (κ2) is 10.0. The summed E-state index contributed by atoms with van der Waals surface area (Å²) in [5, 5.41) is 3.10. The van der Waals surface area contributed by atoms with Gasteiger partial charge in [0.1, 0.15) is 17.7 Å². The number of hydrogen-bond acceptors (Lipinski definition) is 7. The number of alkyl carbamates (subject to hydrolysis) is 1. The summed E-state index contributed by atoms with van der Waals surface area (Å²) in [6.07, 6.45) is 0.281. The van der Waals surface area contributed by atoms with E-state index >= 15 is 0 Å². The highest BCUT2D eigenvalue weighted by Gasteiger charge is 2.42. The number of ether oxygens (including phenoxy) is 1. The third-order valence-corrected chi connectivity index (χ3v) is 5.27. The first-order chi connectivity index (χ1) is 15.5. The molecule has 0 radical (unpaired) electrons. The van der Waals surface area contributed by atoms with Crippen LogP contribution < -0.4 is 5.32 Å². The molecule has 1 aromatic carbocycles. The summed E-state index contributed by atoms with van der Waals surface area (Å²) < 4.78 is 5.31. The van der Waals surface area contributed by atoms with Gasteiger partial charge in [0.15, 0.2) is 0 Å². The van der Waals surface area contributed by atoms with Gasteiger partial charge in [-0.15, -0.1) is 5.06 Å². The van der Waals surface area contributed by atoms with Gasteiger partial charge in [0.25, 0.3) is 11.8 Å². The number of nitrogens with zero attached hydrogens (tertiary/aromatic N) is 2. The Morgan fingerprint density at radius 1 is 1.09 bits per heavy atom. The molecule has 33 heavy (non-hydrogen) atoms. The molecular weight excluding hydrogens is 430 g/mol. The first kappa shape index (κ1) is 24.2. The highest BCUT2D eigenvalue weighted by atomic mass is 16.7. The third-order valence-electron chi connectivity index (χ3n) is 5.27. The van der Waals surface area contributed by atoms with Gasteiger partial charge in [-0.05, 0) is 39.2 Å². The summed E-state index contributed by atoms with van der Waals surface area (Å²) >= 11 is 0. The third kappa shape index (κ3) is 6.30. The molecule has 2 fully saturated rings. The standard InChI is InChI=1S/C23H29N3O7/c1-23(2,3)32-22(31)24-16(14-15-8-5-4-6-9-15)20(29)25-13-7-10-17(25)21(30)33-26-18(27)11-12-19(26)28/h4-6,8-9,16-17H,7,10-14H2,1-3H3,(H,24,31)/t16-,17-/m0/s1. The molecule has 3 rings (SSSR count). The lowest BCUT2D eigenvalue weighted by molar-refractivity contribution is -0.200. The Hall–Kier alpha value is -3.43. The van der Waals surface area contributed by atoms with Crippen molar-refractivity contribution in [1.82, 2.24) is 15.3 Å². The lowest BCUT2D eigenvalue weighted by atomic mass is 10.0. The van der Waals surface area contributed by atoms with Crippen molar-refractivity contribution in [3.63, 3.8) is 0 Å². The van der Waals surface area contributed by atoms with E-state index in [0.29, 0.717) is 17.9 Å². The minimum atomic E-state index is -0.981. The number of benzene rings is 1. The van der Waals surface area contributed by atoms with Crippen LogP contribution in [-0.2, 0) is 35.2 Å². The summed E-state index contributed by atoms with van der Waals surface area (Å²) in [6.45, 7) is 5.43. The molecule has 0 aromatic heterocycles. The van der Waals surface area contributed by atoms with Gasteiger partial charge in [0, 0.05) is 25.8 Å². The summed E-state index contributed by atoms with van der Waals surface area (Å²) in [5.41, 5.74) is 0.0673. The van der Waals surface area contributed by atoms with Crippen LogP contribution in [0.25, 0.3) is 0 Å². The van der Waals surface area contributed by atoms with E-state index in [2.05, 4.69) is 5.32 Å². The lowest BCUT2D eigenvalue weighted by Gasteiger charge is -2.29.